The second kappa shape index (κ2) is 4.18. The SMILES string of the molecule is CC1/C=C/C2C(CC2(C)C)C(C)C(O)CC1. The van der Waals surface area contributed by atoms with Crippen LogP contribution in [0, 0.1) is 29.1 Å². The summed E-state index contributed by atoms with van der Waals surface area (Å²) in [6.45, 7) is 9.22. The minimum Gasteiger partial charge on any atom is -0.393 e. The molecule has 0 bridgehead atoms. The molecule has 0 saturated heterocycles. The highest BCUT2D eigenvalue weighted by molar-refractivity contribution is 5.09. The Kier molecular flexibility index (Phi) is 3.18. The van der Waals surface area contributed by atoms with E-state index in [1.807, 2.05) is 0 Å². The Morgan fingerprint density at radius 3 is 2.44 bits per heavy atom. The van der Waals surface area contributed by atoms with Gasteiger partial charge in [0, 0.05) is 0 Å². The summed E-state index contributed by atoms with van der Waals surface area (Å²) in [6.07, 6.45) is 8.09. The first-order chi connectivity index (χ1) is 7.42. The van der Waals surface area contributed by atoms with Gasteiger partial charge in [-0.15, -0.1) is 0 Å². The van der Waals surface area contributed by atoms with E-state index in [2.05, 4.69) is 39.8 Å². The predicted octanol–water partition coefficient (Wildman–Crippen LogP) is 3.63. The van der Waals surface area contributed by atoms with Crippen molar-refractivity contribution >= 4 is 0 Å². The molecule has 5 unspecified atom stereocenters. The van der Waals surface area contributed by atoms with Crippen LogP contribution < -0.4 is 0 Å². The highest BCUT2D eigenvalue weighted by Gasteiger charge is 2.49. The Hall–Kier alpha value is -0.300. The summed E-state index contributed by atoms with van der Waals surface area (Å²) in [6, 6.07) is 0. The zero-order valence-electron chi connectivity index (χ0n) is 11.1. The number of hydrogen-bond acceptors (Lipinski definition) is 1. The molecule has 0 aromatic heterocycles. The fourth-order valence-electron chi connectivity index (χ4n) is 3.59. The van der Waals surface area contributed by atoms with E-state index >= 15 is 0 Å². The van der Waals surface area contributed by atoms with E-state index < -0.39 is 0 Å². The maximum absolute atomic E-state index is 10.2. The molecule has 1 N–H and O–H groups in total. The third-order valence-electron chi connectivity index (χ3n) is 4.97. The van der Waals surface area contributed by atoms with Crippen LogP contribution in [0.3, 0.4) is 0 Å². The summed E-state index contributed by atoms with van der Waals surface area (Å²) < 4.78 is 0. The van der Waals surface area contributed by atoms with Gasteiger partial charge in [0.15, 0.2) is 0 Å². The van der Waals surface area contributed by atoms with Crippen molar-refractivity contribution in [3.63, 3.8) is 0 Å². The van der Waals surface area contributed by atoms with Crippen molar-refractivity contribution in [3.05, 3.63) is 12.2 Å². The largest absolute Gasteiger partial charge is 0.393 e. The van der Waals surface area contributed by atoms with Crippen LogP contribution in [0.4, 0.5) is 0 Å². The standard InChI is InChI=1S/C15H26O/c1-10-5-7-13-12(9-15(13,3)4)11(2)14(16)8-6-10/h5,7,10-14,16H,6,8-9H2,1-4H3/b7-5+. The van der Waals surface area contributed by atoms with Gasteiger partial charge in [0.2, 0.25) is 0 Å². The molecule has 1 fully saturated rings. The maximum Gasteiger partial charge on any atom is 0.0568 e. The molecule has 0 amide bonds. The number of hydrogen-bond donors (Lipinski definition) is 1. The van der Waals surface area contributed by atoms with Crippen molar-refractivity contribution in [2.24, 2.45) is 29.1 Å². The van der Waals surface area contributed by atoms with Crippen LogP contribution in [-0.2, 0) is 0 Å². The summed E-state index contributed by atoms with van der Waals surface area (Å²) in [7, 11) is 0. The first-order valence-corrected chi connectivity index (χ1v) is 6.78. The Labute approximate surface area is 99.9 Å². The van der Waals surface area contributed by atoms with Gasteiger partial charge in [-0.3, -0.25) is 0 Å². The van der Waals surface area contributed by atoms with Crippen LogP contribution in [0.5, 0.6) is 0 Å². The van der Waals surface area contributed by atoms with Crippen LogP contribution in [0.25, 0.3) is 0 Å². The lowest BCUT2D eigenvalue weighted by Gasteiger charge is -2.53. The Balaban J connectivity index is 2.18. The molecule has 2 aliphatic carbocycles. The van der Waals surface area contributed by atoms with E-state index in [1.165, 1.54) is 6.42 Å². The lowest BCUT2D eigenvalue weighted by Crippen LogP contribution is -2.48. The van der Waals surface area contributed by atoms with Crippen molar-refractivity contribution in [2.75, 3.05) is 0 Å². The van der Waals surface area contributed by atoms with Gasteiger partial charge < -0.3 is 5.11 Å². The first-order valence-electron chi connectivity index (χ1n) is 6.78. The quantitative estimate of drug-likeness (QED) is 0.620. The molecule has 0 radical (unpaired) electrons. The molecule has 1 nitrogen and oxygen atoms in total. The molecular weight excluding hydrogens is 196 g/mol. The van der Waals surface area contributed by atoms with Gasteiger partial charge in [-0.25, -0.2) is 0 Å². The predicted molar refractivity (Wildman–Crippen MR) is 68.1 cm³/mol. The Bertz CT molecular complexity index is 279. The molecule has 0 aromatic carbocycles. The smallest absolute Gasteiger partial charge is 0.0568 e. The lowest BCUT2D eigenvalue weighted by molar-refractivity contribution is -0.0520. The Morgan fingerprint density at radius 1 is 1.12 bits per heavy atom. The van der Waals surface area contributed by atoms with E-state index in [1.54, 1.807) is 0 Å². The molecule has 1 heteroatoms. The molecule has 92 valence electrons. The molecule has 1 saturated carbocycles. The van der Waals surface area contributed by atoms with Crippen molar-refractivity contribution in [1.82, 2.24) is 0 Å². The average Bonchev–Trinajstić information content (AvgIpc) is 2.24. The molecular formula is C15H26O. The monoisotopic (exact) mass is 222 g/mol. The average molecular weight is 222 g/mol. The molecule has 5 atom stereocenters. The van der Waals surface area contributed by atoms with Gasteiger partial charge in [0.05, 0.1) is 6.10 Å². The van der Waals surface area contributed by atoms with E-state index in [4.69, 9.17) is 0 Å². The molecule has 0 spiro atoms. The molecule has 0 heterocycles. The molecule has 0 aliphatic heterocycles. The van der Waals surface area contributed by atoms with Crippen LogP contribution in [0.2, 0.25) is 0 Å². The summed E-state index contributed by atoms with van der Waals surface area (Å²) >= 11 is 0. The van der Waals surface area contributed by atoms with Gasteiger partial charge in [-0.2, -0.15) is 0 Å². The summed E-state index contributed by atoms with van der Waals surface area (Å²) in [5.74, 6) is 2.47. The second-order valence-electron chi connectivity index (χ2n) is 6.75. The zero-order chi connectivity index (χ0) is 11.9. The van der Waals surface area contributed by atoms with Crippen LogP contribution >= 0.6 is 0 Å². The number of fused-ring (bicyclic) bond motifs is 1. The first kappa shape index (κ1) is 12.2. The van der Waals surface area contributed by atoms with Crippen LogP contribution in [-0.4, -0.2) is 11.2 Å². The highest BCUT2D eigenvalue weighted by atomic mass is 16.3. The van der Waals surface area contributed by atoms with E-state index in [9.17, 15) is 5.11 Å². The second-order valence-corrected chi connectivity index (χ2v) is 6.75. The Morgan fingerprint density at radius 2 is 1.81 bits per heavy atom. The van der Waals surface area contributed by atoms with Crippen LogP contribution in [0.1, 0.15) is 47.0 Å². The van der Waals surface area contributed by atoms with Gasteiger partial charge in [-0.05, 0) is 48.3 Å². The topological polar surface area (TPSA) is 20.2 Å². The highest BCUT2D eigenvalue weighted by Crippen LogP contribution is 2.55. The van der Waals surface area contributed by atoms with E-state index in [-0.39, 0.29) is 6.10 Å². The van der Waals surface area contributed by atoms with Gasteiger partial charge >= 0.3 is 0 Å². The van der Waals surface area contributed by atoms with Crippen molar-refractivity contribution < 1.29 is 5.11 Å². The van der Waals surface area contributed by atoms with Gasteiger partial charge in [0.1, 0.15) is 0 Å². The summed E-state index contributed by atoms with van der Waals surface area (Å²) in [5, 5.41) is 10.2. The van der Waals surface area contributed by atoms with Crippen molar-refractivity contribution in [3.8, 4) is 0 Å². The third-order valence-corrected chi connectivity index (χ3v) is 4.97. The summed E-state index contributed by atoms with van der Waals surface area (Å²) in [5.41, 5.74) is 0.444. The number of allylic oxidation sites excluding steroid dienone is 2. The number of aliphatic hydroxyl groups excluding tert-OH is 1. The normalized spacial score (nSPS) is 49.2. The fourth-order valence-corrected chi connectivity index (χ4v) is 3.59. The van der Waals surface area contributed by atoms with Crippen LogP contribution in [0.15, 0.2) is 12.2 Å². The van der Waals surface area contributed by atoms with E-state index in [0.717, 1.165) is 12.8 Å². The van der Waals surface area contributed by atoms with Gasteiger partial charge in [-0.1, -0.05) is 39.8 Å². The lowest BCUT2D eigenvalue weighted by atomic mass is 9.52. The molecule has 16 heavy (non-hydrogen) atoms. The molecule has 2 aliphatic rings. The number of aliphatic hydroxyl groups is 1. The third kappa shape index (κ3) is 2.07. The number of rotatable bonds is 0. The van der Waals surface area contributed by atoms with Crippen molar-refractivity contribution in [1.29, 1.82) is 0 Å². The molecule has 0 aromatic rings. The van der Waals surface area contributed by atoms with Gasteiger partial charge in [0.25, 0.3) is 0 Å². The fraction of sp³-hybridized carbons (Fsp3) is 0.867. The summed E-state index contributed by atoms with van der Waals surface area (Å²) in [4.78, 5) is 0. The zero-order valence-corrected chi connectivity index (χ0v) is 11.1. The maximum atomic E-state index is 10.2. The minimum atomic E-state index is -0.0917. The van der Waals surface area contributed by atoms with Crippen molar-refractivity contribution in [2.45, 2.75) is 53.1 Å². The minimum absolute atomic E-state index is 0.0917. The van der Waals surface area contributed by atoms with E-state index in [0.29, 0.717) is 29.1 Å². The molecule has 2 rings (SSSR count).